The van der Waals surface area contributed by atoms with Crippen molar-refractivity contribution in [2.75, 3.05) is 40.0 Å². The van der Waals surface area contributed by atoms with E-state index in [0.717, 1.165) is 0 Å². The summed E-state index contributed by atoms with van der Waals surface area (Å²) in [5, 5.41) is 0. The lowest BCUT2D eigenvalue weighted by atomic mass is 9.72. The second kappa shape index (κ2) is 15.3. The van der Waals surface area contributed by atoms with Gasteiger partial charge < -0.3 is 37.9 Å². The normalized spacial score (nSPS) is 14.2. The van der Waals surface area contributed by atoms with E-state index in [-0.39, 0.29) is 52.9 Å². The molecule has 0 fully saturated rings. The molecule has 0 aliphatic carbocycles. The standard InChI is InChI=1S/C32H38O12/c1-5-37-29(33)23(30(34)38-6-2)15-21(19-9-11-25-27(13-19)43-17-41-25)22(20-10-12-26-28(14-20)44-18-42-26)16-24(31(35)39-7-3)32(36)40-8-4/h9-14,21-24H,5-8,15-18H2,1-4H3/t21-,22+. The Morgan fingerprint density at radius 1 is 0.545 bits per heavy atom. The molecule has 0 spiro atoms. The molecule has 0 bridgehead atoms. The van der Waals surface area contributed by atoms with E-state index in [0.29, 0.717) is 34.1 Å². The number of carbonyl (C=O) groups is 4. The molecule has 0 saturated carbocycles. The summed E-state index contributed by atoms with van der Waals surface area (Å²) < 4.78 is 43.4. The fraction of sp³-hybridized carbons (Fsp3) is 0.500. The van der Waals surface area contributed by atoms with Gasteiger partial charge in [0.05, 0.1) is 26.4 Å². The molecule has 0 N–H and O–H groups in total. The van der Waals surface area contributed by atoms with Gasteiger partial charge in [-0.25, -0.2) is 0 Å². The van der Waals surface area contributed by atoms with Crippen molar-refractivity contribution >= 4 is 23.9 Å². The second-order valence-corrected chi connectivity index (χ2v) is 10.0. The molecular formula is C32H38O12. The van der Waals surface area contributed by atoms with Gasteiger partial charge in [-0.3, -0.25) is 19.2 Å². The minimum Gasteiger partial charge on any atom is -0.465 e. The van der Waals surface area contributed by atoms with Crippen molar-refractivity contribution in [2.24, 2.45) is 11.8 Å². The van der Waals surface area contributed by atoms with Crippen LogP contribution < -0.4 is 18.9 Å². The van der Waals surface area contributed by atoms with Gasteiger partial charge >= 0.3 is 23.9 Å². The molecule has 0 radical (unpaired) electrons. The Labute approximate surface area is 255 Å². The quantitative estimate of drug-likeness (QED) is 0.161. The minimum absolute atomic E-state index is 0.0388. The molecule has 0 aromatic heterocycles. The van der Waals surface area contributed by atoms with Crippen molar-refractivity contribution in [1.29, 1.82) is 0 Å². The molecule has 0 unspecified atom stereocenters. The van der Waals surface area contributed by atoms with Gasteiger partial charge in [-0.1, -0.05) is 12.1 Å². The lowest BCUT2D eigenvalue weighted by Crippen LogP contribution is -2.34. The van der Waals surface area contributed by atoms with Crippen molar-refractivity contribution in [3.8, 4) is 23.0 Å². The summed E-state index contributed by atoms with van der Waals surface area (Å²) in [6, 6.07) is 10.6. The average Bonchev–Trinajstić information content (AvgIpc) is 3.68. The highest BCUT2D eigenvalue weighted by Crippen LogP contribution is 2.47. The monoisotopic (exact) mass is 614 g/mol. The molecule has 44 heavy (non-hydrogen) atoms. The molecule has 12 nitrogen and oxygen atoms in total. The third-order valence-corrected chi connectivity index (χ3v) is 7.40. The molecule has 2 aliphatic rings. The van der Waals surface area contributed by atoms with E-state index in [1.807, 2.05) is 0 Å². The van der Waals surface area contributed by atoms with Gasteiger partial charge in [-0.05, 0) is 87.8 Å². The molecule has 2 aliphatic heterocycles. The number of rotatable bonds is 15. The smallest absolute Gasteiger partial charge is 0.320 e. The van der Waals surface area contributed by atoms with E-state index >= 15 is 0 Å². The van der Waals surface area contributed by atoms with Gasteiger partial charge in [-0.2, -0.15) is 0 Å². The molecule has 0 saturated heterocycles. The average molecular weight is 615 g/mol. The Kier molecular flexibility index (Phi) is 11.3. The summed E-state index contributed by atoms with van der Waals surface area (Å²) in [5.41, 5.74) is 1.34. The van der Waals surface area contributed by atoms with Crippen molar-refractivity contribution < 1.29 is 57.1 Å². The third-order valence-electron chi connectivity index (χ3n) is 7.40. The van der Waals surface area contributed by atoms with Crippen LogP contribution in [-0.4, -0.2) is 63.9 Å². The fourth-order valence-electron chi connectivity index (χ4n) is 5.41. The first-order chi connectivity index (χ1) is 21.3. The van der Waals surface area contributed by atoms with Crippen molar-refractivity contribution in [3.63, 3.8) is 0 Å². The van der Waals surface area contributed by atoms with Crippen LogP contribution in [0.1, 0.15) is 63.5 Å². The maximum atomic E-state index is 13.2. The minimum atomic E-state index is -1.30. The zero-order valence-electron chi connectivity index (χ0n) is 25.3. The molecule has 4 rings (SSSR count). The number of hydrogen-bond acceptors (Lipinski definition) is 12. The molecule has 2 aromatic carbocycles. The Balaban J connectivity index is 1.87. The van der Waals surface area contributed by atoms with E-state index in [1.54, 1.807) is 64.1 Å². The SMILES string of the molecule is CCOC(=O)C(C[C@H](c1ccc2c(c1)OCO2)[C@@H](CC(C(=O)OCC)C(=O)OCC)c1ccc2c(c1)OCO2)C(=O)OCC. The van der Waals surface area contributed by atoms with Crippen molar-refractivity contribution in [2.45, 2.75) is 52.4 Å². The number of fused-ring (bicyclic) bond motifs is 2. The van der Waals surface area contributed by atoms with Crippen LogP contribution in [0.25, 0.3) is 0 Å². The largest absolute Gasteiger partial charge is 0.465 e. The first-order valence-electron chi connectivity index (χ1n) is 14.8. The predicted molar refractivity (Wildman–Crippen MR) is 153 cm³/mol. The van der Waals surface area contributed by atoms with Gasteiger partial charge in [0.25, 0.3) is 0 Å². The number of benzene rings is 2. The lowest BCUT2D eigenvalue weighted by molar-refractivity contribution is -0.164. The maximum Gasteiger partial charge on any atom is 0.320 e. The van der Waals surface area contributed by atoms with Crippen LogP contribution in [0, 0.1) is 11.8 Å². The van der Waals surface area contributed by atoms with Crippen molar-refractivity contribution in [1.82, 2.24) is 0 Å². The molecular weight excluding hydrogens is 576 g/mol. The number of esters is 4. The van der Waals surface area contributed by atoms with E-state index < -0.39 is 47.5 Å². The van der Waals surface area contributed by atoms with Crippen molar-refractivity contribution in [3.05, 3.63) is 47.5 Å². The fourth-order valence-corrected chi connectivity index (χ4v) is 5.41. The highest BCUT2D eigenvalue weighted by molar-refractivity contribution is 5.95. The van der Waals surface area contributed by atoms with Crippen LogP contribution >= 0.6 is 0 Å². The van der Waals surface area contributed by atoms with Crippen LogP contribution in [0.3, 0.4) is 0 Å². The third kappa shape index (κ3) is 7.53. The molecule has 0 amide bonds. The first-order valence-corrected chi connectivity index (χ1v) is 14.8. The van der Waals surface area contributed by atoms with Crippen LogP contribution in [0.2, 0.25) is 0 Å². The predicted octanol–water partition coefficient (Wildman–Crippen LogP) is 4.28. The second-order valence-electron chi connectivity index (χ2n) is 10.0. The summed E-state index contributed by atoms with van der Waals surface area (Å²) in [7, 11) is 0. The van der Waals surface area contributed by atoms with Crippen LogP contribution in [0.15, 0.2) is 36.4 Å². The van der Waals surface area contributed by atoms with Crippen LogP contribution in [0.5, 0.6) is 23.0 Å². The molecule has 2 heterocycles. The Bertz CT molecular complexity index is 1200. The van der Waals surface area contributed by atoms with Gasteiger partial charge in [0.15, 0.2) is 34.8 Å². The van der Waals surface area contributed by atoms with E-state index in [2.05, 4.69) is 0 Å². The van der Waals surface area contributed by atoms with Gasteiger partial charge in [-0.15, -0.1) is 0 Å². The molecule has 12 heteroatoms. The van der Waals surface area contributed by atoms with Crippen LogP contribution in [-0.2, 0) is 38.1 Å². The van der Waals surface area contributed by atoms with Gasteiger partial charge in [0, 0.05) is 0 Å². The van der Waals surface area contributed by atoms with E-state index in [4.69, 9.17) is 37.9 Å². The van der Waals surface area contributed by atoms with E-state index in [9.17, 15) is 19.2 Å². The summed E-state index contributed by atoms with van der Waals surface area (Å²) in [6.07, 6.45) is -0.149. The zero-order valence-corrected chi connectivity index (χ0v) is 25.3. The zero-order chi connectivity index (χ0) is 31.6. The summed E-state index contributed by atoms with van der Waals surface area (Å²) in [6.45, 7) is 6.90. The molecule has 2 atom stereocenters. The summed E-state index contributed by atoms with van der Waals surface area (Å²) in [4.78, 5) is 52.7. The lowest BCUT2D eigenvalue weighted by Gasteiger charge is -2.32. The topological polar surface area (TPSA) is 142 Å². The highest BCUT2D eigenvalue weighted by atomic mass is 16.7. The number of hydrogen-bond donors (Lipinski definition) is 0. The summed E-state index contributed by atoms with van der Waals surface area (Å²) >= 11 is 0. The van der Waals surface area contributed by atoms with Gasteiger partial charge in [0.2, 0.25) is 13.6 Å². The first kappa shape index (κ1) is 32.4. The Morgan fingerprint density at radius 3 is 1.18 bits per heavy atom. The van der Waals surface area contributed by atoms with Crippen LogP contribution in [0.4, 0.5) is 0 Å². The van der Waals surface area contributed by atoms with E-state index in [1.165, 1.54) is 0 Å². The van der Waals surface area contributed by atoms with Gasteiger partial charge in [0.1, 0.15) is 0 Å². The number of carbonyl (C=O) groups excluding carboxylic acids is 4. The summed E-state index contributed by atoms with van der Waals surface area (Å²) in [5.74, 6) is -4.85. The maximum absolute atomic E-state index is 13.2. The Morgan fingerprint density at radius 2 is 0.864 bits per heavy atom. The Hall–Kier alpha value is -4.48. The number of ether oxygens (including phenoxy) is 8. The molecule has 238 valence electrons. The molecule has 2 aromatic rings. The highest BCUT2D eigenvalue weighted by Gasteiger charge is 2.41.